The van der Waals surface area contributed by atoms with Gasteiger partial charge in [0.15, 0.2) is 5.82 Å². The molecule has 3 aromatic rings. The van der Waals surface area contributed by atoms with E-state index in [1.54, 1.807) is 12.1 Å². The lowest BCUT2D eigenvalue weighted by atomic mass is 10.2. The topological polar surface area (TPSA) is 64.0 Å². The van der Waals surface area contributed by atoms with Gasteiger partial charge in [0, 0.05) is 18.3 Å². The SMILES string of the molecule is O=S(=O)(Nc1ccn(Cc2ccc(F)cc2)n1)c1ccc(F)cc1F. The second kappa shape index (κ2) is 6.60. The molecule has 0 saturated heterocycles. The van der Waals surface area contributed by atoms with Crippen molar-refractivity contribution in [2.24, 2.45) is 0 Å². The van der Waals surface area contributed by atoms with Crippen molar-refractivity contribution in [2.45, 2.75) is 11.4 Å². The Labute approximate surface area is 141 Å². The van der Waals surface area contributed by atoms with E-state index in [0.29, 0.717) is 12.6 Å². The summed E-state index contributed by atoms with van der Waals surface area (Å²) in [6.45, 7) is 0.299. The lowest BCUT2D eigenvalue weighted by Crippen LogP contribution is -2.15. The quantitative estimate of drug-likeness (QED) is 0.754. The zero-order valence-corrected chi connectivity index (χ0v) is 13.5. The van der Waals surface area contributed by atoms with E-state index in [9.17, 15) is 21.6 Å². The van der Waals surface area contributed by atoms with Crippen LogP contribution >= 0.6 is 0 Å². The number of hydrogen-bond acceptors (Lipinski definition) is 3. The predicted molar refractivity (Wildman–Crippen MR) is 84.9 cm³/mol. The predicted octanol–water partition coefficient (Wildman–Crippen LogP) is 3.15. The second-order valence-corrected chi connectivity index (χ2v) is 6.86. The smallest absolute Gasteiger partial charge is 0.266 e. The molecule has 0 saturated carbocycles. The van der Waals surface area contributed by atoms with Crippen LogP contribution in [-0.4, -0.2) is 18.2 Å². The van der Waals surface area contributed by atoms with E-state index in [2.05, 4.69) is 9.82 Å². The number of nitrogens with one attached hydrogen (secondary N) is 1. The van der Waals surface area contributed by atoms with Crippen molar-refractivity contribution >= 4 is 15.8 Å². The Morgan fingerprint density at radius 3 is 2.32 bits per heavy atom. The van der Waals surface area contributed by atoms with Crippen LogP contribution in [0.15, 0.2) is 59.6 Å². The number of hydrogen-bond donors (Lipinski definition) is 1. The van der Waals surface area contributed by atoms with Crippen LogP contribution in [0.1, 0.15) is 5.56 Å². The molecule has 25 heavy (non-hydrogen) atoms. The summed E-state index contributed by atoms with van der Waals surface area (Å²) in [5.41, 5.74) is 0.767. The number of rotatable bonds is 5. The third kappa shape index (κ3) is 4.00. The van der Waals surface area contributed by atoms with Crippen molar-refractivity contribution in [1.82, 2.24) is 9.78 Å². The Morgan fingerprint density at radius 1 is 0.960 bits per heavy atom. The minimum Gasteiger partial charge on any atom is -0.266 e. The second-order valence-electron chi connectivity index (χ2n) is 5.21. The molecule has 9 heteroatoms. The van der Waals surface area contributed by atoms with E-state index in [1.165, 1.54) is 29.1 Å². The van der Waals surface area contributed by atoms with Gasteiger partial charge in [0.2, 0.25) is 0 Å². The molecule has 0 amide bonds. The molecule has 0 aliphatic heterocycles. The summed E-state index contributed by atoms with van der Waals surface area (Å²) in [6.07, 6.45) is 1.52. The summed E-state index contributed by atoms with van der Waals surface area (Å²) in [7, 11) is -4.24. The van der Waals surface area contributed by atoms with Gasteiger partial charge < -0.3 is 0 Å². The van der Waals surface area contributed by atoms with E-state index in [-0.39, 0.29) is 11.6 Å². The maximum Gasteiger partial charge on any atom is 0.266 e. The first-order valence-corrected chi connectivity index (χ1v) is 8.57. The Hall–Kier alpha value is -2.81. The normalized spacial score (nSPS) is 11.5. The van der Waals surface area contributed by atoms with Crippen molar-refractivity contribution in [3.05, 3.63) is 77.7 Å². The van der Waals surface area contributed by atoms with E-state index < -0.39 is 26.6 Å². The molecule has 5 nitrogen and oxygen atoms in total. The maximum absolute atomic E-state index is 13.7. The zero-order chi connectivity index (χ0) is 18.0. The van der Waals surface area contributed by atoms with Gasteiger partial charge in [-0.15, -0.1) is 0 Å². The summed E-state index contributed by atoms with van der Waals surface area (Å²) >= 11 is 0. The molecule has 2 aromatic carbocycles. The highest BCUT2D eigenvalue weighted by atomic mass is 32.2. The molecule has 0 unspecified atom stereocenters. The summed E-state index contributed by atoms with van der Waals surface area (Å²) in [6, 6.07) is 9.33. The van der Waals surface area contributed by atoms with Crippen LogP contribution in [0.4, 0.5) is 19.0 Å². The van der Waals surface area contributed by atoms with Gasteiger partial charge in [-0.05, 0) is 29.8 Å². The van der Waals surface area contributed by atoms with Crippen molar-refractivity contribution in [2.75, 3.05) is 4.72 Å². The van der Waals surface area contributed by atoms with E-state index in [0.717, 1.165) is 17.7 Å². The molecule has 0 spiro atoms. The highest BCUT2D eigenvalue weighted by molar-refractivity contribution is 7.92. The fourth-order valence-electron chi connectivity index (χ4n) is 2.17. The summed E-state index contributed by atoms with van der Waals surface area (Å²) in [5.74, 6) is -2.46. The first-order valence-electron chi connectivity index (χ1n) is 7.09. The van der Waals surface area contributed by atoms with Crippen LogP contribution in [0.5, 0.6) is 0 Å². The minimum atomic E-state index is -4.24. The summed E-state index contributed by atoms with van der Waals surface area (Å²) in [4.78, 5) is -0.679. The average molecular weight is 367 g/mol. The third-order valence-corrected chi connectivity index (χ3v) is 4.71. The zero-order valence-electron chi connectivity index (χ0n) is 12.7. The molecular formula is C16H12F3N3O2S. The van der Waals surface area contributed by atoms with Crippen molar-refractivity contribution in [1.29, 1.82) is 0 Å². The van der Waals surface area contributed by atoms with Crippen LogP contribution in [0.3, 0.4) is 0 Å². The average Bonchev–Trinajstić information content (AvgIpc) is 2.95. The molecular weight excluding hydrogens is 355 g/mol. The molecule has 0 aliphatic carbocycles. The monoisotopic (exact) mass is 367 g/mol. The molecule has 0 fully saturated rings. The van der Waals surface area contributed by atoms with Gasteiger partial charge in [-0.2, -0.15) is 5.10 Å². The largest absolute Gasteiger partial charge is 0.266 e. The highest BCUT2D eigenvalue weighted by Crippen LogP contribution is 2.19. The van der Waals surface area contributed by atoms with Crippen LogP contribution in [0.25, 0.3) is 0 Å². The molecule has 1 heterocycles. The van der Waals surface area contributed by atoms with Crippen LogP contribution < -0.4 is 4.72 Å². The number of sulfonamides is 1. The Bertz CT molecular complexity index is 1000. The maximum atomic E-state index is 13.7. The number of benzene rings is 2. The van der Waals surface area contributed by atoms with Gasteiger partial charge in [-0.25, -0.2) is 21.6 Å². The first-order chi connectivity index (χ1) is 11.8. The highest BCUT2D eigenvalue weighted by Gasteiger charge is 2.20. The minimum absolute atomic E-state index is 0.0224. The van der Waals surface area contributed by atoms with Gasteiger partial charge in [0.1, 0.15) is 22.3 Å². The molecule has 130 valence electrons. The van der Waals surface area contributed by atoms with Crippen LogP contribution in [0.2, 0.25) is 0 Å². The summed E-state index contributed by atoms with van der Waals surface area (Å²) < 4.78 is 67.4. The van der Waals surface area contributed by atoms with E-state index >= 15 is 0 Å². The molecule has 0 atom stereocenters. The van der Waals surface area contributed by atoms with Crippen LogP contribution in [0, 0.1) is 17.5 Å². The Morgan fingerprint density at radius 2 is 1.64 bits per heavy atom. The van der Waals surface area contributed by atoms with Gasteiger partial charge in [0.05, 0.1) is 6.54 Å². The van der Waals surface area contributed by atoms with E-state index in [1.807, 2.05) is 0 Å². The molecule has 1 N–H and O–H groups in total. The number of aromatic nitrogens is 2. The van der Waals surface area contributed by atoms with Gasteiger partial charge >= 0.3 is 0 Å². The molecule has 0 radical (unpaired) electrons. The van der Waals surface area contributed by atoms with Crippen molar-refractivity contribution in [3.8, 4) is 0 Å². The number of nitrogens with zero attached hydrogens (tertiary/aromatic N) is 2. The standard InChI is InChI=1S/C16H12F3N3O2S/c17-12-3-1-11(2-4-12)10-22-8-7-16(20-22)21-25(23,24)15-6-5-13(18)9-14(15)19/h1-9H,10H2,(H,20,21). The van der Waals surface area contributed by atoms with Crippen molar-refractivity contribution in [3.63, 3.8) is 0 Å². The van der Waals surface area contributed by atoms with Gasteiger partial charge in [0.25, 0.3) is 10.0 Å². The van der Waals surface area contributed by atoms with Crippen molar-refractivity contribution < 1.29 is 21.6 Å². The Balaban J connectivity index is 1.77. The number of halogens is 3. The lowest BCUT2D eigenvalue weighted by Gasteiger charge is -2.06. The van der Waals surface area contributed by atoms with E-state index in [4.69, 9.17) is 0 Å². The fraction of sp³-hybridized carbons (Fsp3) is 0.0625. The number of anilines is 1. The van der Waals surface area contributed by atoms with Gasteiger partial charge in [-0.1, -0.05) is 12.1 Å². The fourth-order valence-corrected chi connectivity index (χ4v) is 3.22. The third-order valence-electron chi connectivity index (χ3n) is 3.32. The Kier molecular flexibility index (Phi) is 4.49. The summed E-state index contributed by atoms with van der Waals surface area (Å²) in [5, 5.41) is 4.02. The molecule has 0 bridgehead atoms. The molecule has 3 rings (SSSR count). The molecule has 0 aliphatic rings. The first kappa shape index (κ1) is 17.0. The lowest BCUT2D eigenvalue weighted by molar-refractivity contribution is 0.551. The molecule has 1 aromatic heterocycles. The van der Waals surface area contributed by atoms with Gasteiger partial charge in [-0.3, -0.25) is 9.40 Å². The van der Waals surface area contributed by atoms with Crippen LogP contribution in [-0.2, 0) is 16.6 Å².